The van der Waals surface area contributed by atoms with Crippen molar-refractivity contribution in [1.29, 1.82) is 0 Å². The molecule has 0 unspecified atom stereocenters. The van der Waals surface area contributed by atoms with Crippen LogP contribution in [-0.2, 0) is 6.54 Å². The first kappa shape index (κ1) is 19.4. The molecule has 4 rings (SSSR count). The van der Waals surface area contributed by atoms with E-state index in [2.05, 4.69) is 31.9 Å². The van der Waals surface area contributed by atoms with Crippen LogP contribution in [0.3, 0.4) is 0 Å². The van der Waals surface area contributed by atoms with Crippen LogP contribution >= 0.6 is 43.5 Å². The van der Waals surface area contributed by atoms with E-state index in [1.54, 1.807) is 6.07 Å². The van der Waals surface area contributed by atoms with E-state index in [0.717, 1.165) is 31.3 Å². The van der Waals surface area contributed by atoms with Crippen molar-refractivity contribution in [3.05, 3.63) is 98.1 Å². The average Bonchev–Trinajstić information content (AvgIpc) is 2.99. The van der Waals surface area contributed by atoms with E-state index in [4.69, 9.17) is 16.7 Å². The highest BCUT2D eigenvalue weighted by atomic mass is 79.9. The van der Waals surface area contributed by atoms with Gasteiger partial charge in [-0.05, 0) is 42.0 Å². The van der Waals surface area contributed by atoms with Gasteiger partial charge in [-0.2, -0.15) is 5.10 Å². The van der Waals surface area contributed by atoms with Gasteiger partial charge < -0.3 is 0 Å². The van der Waals surface area contributed by atoms with E-state index in [1.165, 1.54) is 12.1 Å². The number of hydrogen-bond acceptors (Lipinski definition) is 1. The minimum atomic E-state index is -0.269. The monoisotopic (exact) mass is 518 g/mol. The Bertz CT molecular complexity index is 1120. The highest BCUT2D eigenvalue weighted by molar-refractivity contribution is 9.10. The standard InChI is InChI=1S/C22H14Br2ClFN2/c23-17-8-4-15(5-9-17)21-20(25)22(16-6-10-18(24)11-7-16)28(27-21)13-14-2-1-3-19(26)12-14/h1-12H,13H2. The van der Waals surface area contributed by atoms with E-state index >= 15 is 0 Å². The zero-order valence-electron chi connectivity index (χ0n) is 14.5. The molecule has 0 aliphatic heterocycles. The summed E-state index contributed by atoms with van der Waals surface area (Å²) < 4.78 is 17.5. The van der Waals surface area contributed by atoms with Crippen molar-refractivity contribution in [2.45, 2.75) is 6.54 Å². The van der Waals surface area contributed by atoms with Crippen molar-refractivity contribution >= 4 is 43.5 Å². The van der Waals surface area contributed by atoms with Gasteiger partial charge in [-0.25, -0.2) is 4.39 Å². The van der Waals surface area contributed by atoms with Crippen molar-refractivity contribution in [3.8, 4) is 22.5 Å². The highest BCUT2D eigenvalue weighted by Crippen LogP contribution is 2.37. The molecule has 4 aromatic rings. The Morgan fingerprint density at radius 3 is 2.07 bits per heavy atom. The normalized spacial score (nSPS) is 11.0. The Kier molecular flexibility index (Phi) is 5.67. The maximum absolute atomic E-state index is 13.7. The number of halogens is 4. The van der Waals surface area contributed by atoms with Crippen LogP contribution in [0.25, 0.3) is 22.5 Å². The van der Waals surface area contributed by atoms with Gasteiger partial charge in [0.25, 0.3) is 0 Å². The molecular weight excluding hydrogens is 507 g/mol. The molecule has 140 valence electrons. The number of hydrogen-bond donors (Lipinski definition) is 0. The zero-order chi connectivity index (χ0) is 19.7. The van der Waals surface area contributed by atoms with E-state index in [9.17, 15) is 4.39 Å². The van der Waals surface area contributed by atoms with Gasteiger partial charge >= 0.3 is 0 Å². The number of rotatable bonds is 4. The lowest BCUT2D eigenvalue weighted by atomic mass is 10.1. The summed E-state index contributed by atoms with van der Waals surface area (Å²) in [4.78, 5) is 0. The fourth-order valence-electron chi connectivity index (χ4n) is 3.04. The van der Waals surface area contributed by atoms with E-state index < -0.39 is 0 Å². The molecule has 0 amide bonds. The van der Waals surface area contributed by atoms with Gasteiger partial charge in [0.15, 0.2) is 0 Å². The molecule has 0 aliphatic carbocycles. The molecule has 0 bridgehead atoms. The van der Waals surface area contributed by atoms with Gasteiger partial charge in [0, 0.05) is 20.1 Å². The largest absolute Gasteiger partial charge is 0.258 e. The van der Waals surface area contributed by atoms with E-state index in [0.29, 0.717) is 17.3 Å². The van der Waals surface area contributed by atoms with Crippen molar-refractivity contribution in [3.63, 3.8) is 0 Å². The Balaban J connectivity index is 1.86. The molecule has 0 fully saturated rings. The maximum Gasteiger partial charge on any atom is 0.123 e. The van der Waals surface area contributed by atoms with Gasteiger partial charge in [0.05, 0.1) is 17.3 Å². The van der Waals surface area contributed by atoms with Crippen molar-refractivity contribution < 1.29 is 4.39 Å². The highest BCUT2D eigenvalue weighted by Gasteiger charge is 2.19. The zero-order valence-corrected chi connectivity index (χ0v) is 18.5. The first-order valence-electron chi connectivity index (χ1n) is 8.54. The molecule has 28 heavy (non-hydrogen) atoms. The van der Waals surface area contributed by atoms with Crippen LogP contribution < -0.4 is 0 Å². The predicted molar refractivity (Wildman–Crippen MR) is 119 cm³/mol. The van der Waals surface area contributed by atoms with Crippen LogP contribution in [0, 0.1) is 5.82 Å². The fraction of sp³-hybridized carbons (Fsp3) is 0.0455. The van der Waals surface area contributed by atoms with Crippen LogP contribution in [-0.4, -0.2) is 9.78 Å². The third kappa shape index (κ3) is 4.07. The van der Waals surface area contributed by atoms with Gasteiger partial charge in [-0.15, -0.1) is 0 Å². The molecule has 0 spiro atoms. The SMILES string of the molecule is Fc1cccc(Cn2nc(-c3ccc(Br)cc3)c(Cl)c2-c2ccc(Br)cc2)c1. The van der Waals surface area contributed by atoms with Crippen LogP contribution in [0.1, 0.15) is 5.56 Å². The van der Waals surface area contributed by atoms with Crippen molar-refractivity contribution in [1.82, 2.24) is 9.78 Å². The second kappa shape index (κ2) is 8.19. The number of aromatic nitrogens is 2. The van der Waals surface area contributed by atoms with Crippen LogP contribution in [0.2, 0.25) is 5.02 Å². The second-order valence-electron chi connectivity index (χ2n) is 6.31. The molecule has 1 aromatic heterocycles. The van der Waals surface area contributed by atoms with E-state index in [-0.39, 0.29) is 5.82 Å². The Hall–Kier alpha value is -1.95. The molecule has 3 aromatic carbocycles. The molecule has 1 heterocycles. The summed E-state index contributed by atoms with van der Waals surface area (Å²) in [6.07, 6.45) is 0. The number of benzene rings is 3. The predicted octanol–water partition coefficient (Wildman–Crippen LogP) is 7.58. The maximum atomic E-state index is 13.7. The summed E-state index contributed by atoms with van der Waals surface area (Å²) in [7, 11) is 0. The Morgan fingerprint density at radius 1 is 0.857 bits per heavy atom. The molecule has 0 atom stereocenters. The molecule has 0 saturated carbocycles. The Labute approximate surface area is 184 Å². The first-order valence-corrected chi connectivity index (χ1v) is 10.5. The third-order valence-electron chi connectivity index (χ3n) is 4.35. The smallest absolute Gasteiger partial charge is 0.123 e. The lowest BCUT2D eigenvalue weighted by molar-refractivity contribution is 0.620. The van der Waals surface area contributed by atoms with Gasteiger partial charge in [-0.3, -0.25) is 4.68 Å². The van der Waals surface area contributed by atoms with Crippen LogP contribution in [0.4, 0.5) is 4.39 Å². The average molecular weight is 521 g/mol. The van der Waals surface area contributed by atoms with Gasteiger partial charge in [0.2, 0.25) is 0 Å². The van der Waals surface area contributed by atoms with Gasteiger partial charge in [-0.1, -0.05) is 79.9 Å². The molecule has 0 N–H and O–H groups in total. The van der Waals surface area contributed by atoms with Crippen molar-refractivity contribution in [2.24, 2.45) is 0 Å². The topological polar surface area (TPSA) is 17.8 Å². The third-order valence-corrected chi connectivity index (χ3v) is 5.77. The van der Waals surface area contributed by atoms with Crippen LogP contribution in [0.5, 0.6) is 0 Å². The Morgan fingerprint density at radius 2 is 1.46 bits per heavy atom. The summed E-state index contributed by atoms with van der Waals surface area (Å²) in [5.41, 5.74) is 4.18. The summed E-state index contributed by atoms with van der Waals surface area (Å²) in [6, 6.07) is 22.3. The molecule has 0 saturated heterocycles. The minimum absolute atomic E-state index is 0.269. The number of nitrogens with zero attached hydrogens (tertiary/aromatic N) is 2. The summed E-state index contributed by atoms with van der Waals surface area (Å²) in [5, 5.41) is 5.34. The quantitative estimate of drug-likeness (QED) is 0.271. The minimum Gasteiger partial charge on any atom is -0.258 e. The summed E-state index contributed by atoms with van der Waals surface area (Å²) in [6.45, 7) is 0.416. The lowest BCUT2D eigenvalue weighted by Crippen LogP contribution is -2.04. The molecular formula is C22H14Br2ClFN2. The second-order valence-corrected chi connectivity index (χ2v) is 8.52. The van der Waals surface area contributed by atoms with Crippen LogP contribution in [0.15, 0.2) is 81.7 Å². The lowest BCUT2D eigenvalue weighted by Gasteiger charge is -2.09. The first-order chi connectivity index (χ1) is 13.5. The summed E-state index contributed by atoms with van der Waals surface area (Å²) in [5.74, 6) is -0.269. The van der Waals surface area contributed by atoms with Crippen molar-refractivity contribution in [2.75, 3.05) is 0 Å². The molecule has 0 aliphatic rings. The molecule has 2 nitrogen and oxygen atoms in total. The molecule has 6 heteroatoms. The molecule has 0 radical (unpaired) electrons. The fourth-order valence-corrected chi connectivity index (χ4v) is 3.92. The summed E-state index contributed by atoms with van der Waals surface area (Å²) >= 11 is 13.7. The van der Waals surface area contributed by atoms with Gasteiger partial charge in [0.1, 0.15) is 11.5 Å². The van der Waals surface area contributed by atoms with E-state index in [1.807, 2.05) is 59.3 Å².